The highest BCUT2D eigenvalue weighted by atomic mass is 16.5. The first-order chi connectivity index (χ1) is 20.6. The number of rotatable bonds is 9. The summed E-state index contributed by atoms with van der Waals surface area (Å²) in [7, 11) is 0. The molecule has 4 saturated heterocycles. The van der Waals surface area contributed by atoms with Crippen molar-refractivity contribution in [2.45, 2.75) is 31.0 Å². The molecular weight excluding hydrogens is 528 g/mol. The number of pyridine rings is 3. The number of aromatic nitrogens is 4. The Morgan fingerprint density at radius 2 is 1.81 bits per heavy atom. The number of hydrogen-bond donors (Lipinski definition) is 1. The molecule has 42 heavy (non-hydrogen) atoms. The van der Waals surface area contributed by atoms with Gasteiger partial charge >= 0.3 is 0 Å². The molecule has 10 heteroatoms. The lowest BCUT2D eigenvalue weighted by atomic mass is 9.87. The lowest BCUT2D eigenvalue weighted by Gasteiger charge is -2.57. The highest BCUT2D eigenvalue weighted by Gasteiger charge is 2.54. The molecule has 5 fully saturated rings. The molecule has 4 unspecified atom stereocenters. The number of fused-ring (bicyclic) bond motifs is 4. The Bertz CT molecular complexity index is 1610. The predicted octanol–water partition coefficient (Wildman–Crippen LogP) is 2.47. The van der Waals surface area contributed by atoms with Gasteiger partial charge in [0, 0.05) is 98.8 Å². The molecular formula is C32H34N8O2. The smallest absolute Gasteiger partial charge is 0.138 e. The fourth-order valence-corrected chi connectivity index (χ4v) is 7.31. The molecule has 2 bridgehead atoms. The number of nitrogens with zero attached hydrogens (tertiary/aromatic N) is 8. The summed E-state index contributed by atoms with van der Waals surface area (Å²) in [5.74, 6) is 2.62. The number of nitriles is 1. The molecule has 10 nitrogen and oxygen atoms in total. The van der Waals surface area contributed by atoms with Gasteiger partial charge in [-0.05, 0) is 36.8 Å². The number of aliphatic hydroxyl groups is 1. The van der Waals surface area contributed by atoms with Gasteiger partial charge in [-0.3, -0.25) is 14.8 Å². The summed E-state index contributed by atoms with van der Waals surface area (Å²) in [6.07, 6.45) is 9.32. The van der Waals surface area contributed by atoms with Crippen molar-refractivity contribution < 1.29 is 9.84 Å². The van der Waals surface area contributed by atoms with E-state index in [0.717, 1.165) is 73.8 Å². The number of anilines is 1. The standard InChI is InChI=1S/C32H34N8O2/c33-13-22-15-36-39-18-26(42-10-9-38-19-28-29(20-38)32(28)41)12-27(31(22)39)21-4-5-30(35-14-21)40-24-11-25(40)17-37(16-24)8-6-23-3-1-2-7-34-23/h1-5,7,12,14-15,18,24-25,28-29,32,41H,6,8-11,16-17,19-20H2. The van der Waals surface area contributed by atoms with E-state index in [-0.39, 0.29) is 6.10 Å². The Balaban J connectivity index is 0.954. The summed E-state index contributed by atoms with van der Waals surface area (Å²) in [5.41, 5.74) is 4.25. The molecule has 4 aliphatic heterocycles. The van der Waals surface area contributed by atoms with Crippen LogP contribution in [0.3, 0.4) is 0 Å². The number of piperidine rings is 2. The summed E-state index contributed by atoms with van der Waals surface area (Å²) >= 11 is 0. The largest absolute Gasteiger partial charge is 0.491 e. The van der Waals surface area contributed by atoms with Crippen LogP contribution in [0.4, 0.5) is 5.82 Å². The van der Waals surface area contributed by atoms with Gasteiger partial charge in [0.1, 0.15) is 24.2 Å². The van der Waals surface area contributed by atoms with Crippen molar-refractivity contribution in [2.24, 2.45) is 11.8 Å². The molecule has 0 aromatic carbocycles. The Morgan fingerprint density at radius 1 is 0.976 bits per heavy atom. The van der Waals surface area contributed by atoms with Crippen molar-refractivity contribution in [3.8, 4) is 22.9 Å². The zero-order valence-electron chi connectivity index (χ0n) is 23.5. The van der Waals surface area contributed by atoms with E-state index < -0.39 is 0 Å². The molecule has 0 spiro atoms. The molecule has 9 rings (SSSR count). The van der Waals surface area contributed by atoms with Crippen LogP contribution in [-0.2, 0) is 6.42 Å². The summed E-state index contributed by atoms with van der Waals surface area (Å²) in [4.78, 5) is 16.8. The van der Waals surface area contributed by atoms with Crippen molar-refractivity contribution in [1.82, 2.24) is 29.4 Å². The van der Waals surface area contributed by atoms with Gasteiger partial charge in [0.15, 0.2) is 0 Å². The molecule has 1 N–H and O–H groups in total. The van der Waals surface area contributed by atoms with Crippen LogP contribution >= 0.6 is 0 Å². The number of likely N-dealkylation sites (tertiary alicyclic amines) is 1. The monoisotopic (exact) mass is 562 g/mol. The van der Waals surface area contributed by atoms with Crippen molar-refractivity contribution in [3.05, 3.63) is 72.4 Å². The quantitative estimate of drug-likeness (QED) is 0.329. The predicted molar refractivity (Wildman–Crippen MR) is 157 cm³/mol. The summed E-state index contributed by atoms with van der Waals surface area (Å²) in [5, 5.41) is 24.0. The number of piperazine rings is 1. The van der Waals surface area contributed by atoms with E-state index in [1.165, 1.54) is 6.42 Å². The molecule has 0 radical (unpaired) electrons. The molecule has 214 valence electrons. The Labute approximate surface area is 244 Å². The minimum Gasteiger partial charge on any atom is -0.491 e. The molecule has 4 atom stereocenters. The first-order valence-corrected chi connectivity index (χ1v) is 15.0. The van der Waals surface area contributed by atoms with Gasteiger partial charge in [-0.15, -0.1) is 0 Å². The van der Waals surface area contributed by atoms with Crippen LogP contribution in [0, 0.1) is 23.2 Å². The first-order valence-electron chi connectivity index (χ1n) is 15.0. The second kappa shape index (κ2) is 10.3. The summed E-state index contributed by atoms with van der Waals surface area (Å²) in [6, 6.07) is 15.6. The van der Waals surface area contributed by atoms with Crippen molar-refractivity contribution in [1.29, 1.82) is 5.26 Å². The second-order valence-electron chi connectivity index (χ2n) is 12.2. The fraction of sp³-hybridized carbons (Fsp3) is 0.438. The average molecular weight is 563 g/mol. The van der Waals surface area contributed by atoms with Crippen LogP contribution in [0.5, 0.6) is 5.75 Å². The van der Waals surface area contributed by atoms with Gasteiger partial charge in [0.05, 0.1) is 29.6 Å². The fourth-order valence-electron chi connectivity index (χ4n) is 7.31. The Morgan fingerprint density at radius 3 is 2.55 bits per heavy atom. The third kappa shape index (κ3) is 4.58. The van der Waals surface area contributed by atoms with Crippen LogP contribution in [-0.4, -0.2) is 98.6 Å². The summed E-state index contributed by atoms with van der Waals surface area (Å²) in [6.45, 7) is 6.41. The normalized spacial score (nSPS) is 26.6. The second-order valence-corrected chi connectivity index (χ2v) is 12.2. The third-order valence-electron chi connectivity index (χ3n) is 9.61. The number of ether oxygens (including phenoxy) is 1. The SMILES string of the molecule is N#Cc1cnn2cc(OCCN3CC4C(O)C4C3)cc(-c3ccc(N4C5CC4CN(CCc4ccccn4)C5)nc3)c12. The van der Waals surface area contributed by atoms with Gasteiger partial charge in [0.25, 0.3) is 0 Å². The zero-order valence-corrected chi connectivity index (χ0v) is 23.5. The van der Waals surface area contributed by atoms with Crippen LogP contribution in [0.2, 0.25) is 0 Å². The first kappa shape index (κ1) is 25.7. The lowest BCUT2D eigenvalue weighted by Crippen LogP contribution is -2.69. The van der Waals surface area contributed by atoms with E-state index in [9.17, 15) is 10.4 Å². The van der Waals surface area contributed by atoms with Gasteiger partial charge in [-0.25, -0.2) is 9.50 Å². The van der Waals surface area contributed by atoms with E-state index in [2.05, 4.69) is 55.1 Å². The van der Waals surface area contributed by atoms with Crippen LogP contribution < -0.4 is 9.64 Å². The third-order valence-corrected chi connectivity index (χ3v) is 9.61. The van der Waals surface area contributed by atoms with Gasteiger partial charge < -0.3 is 14.7 Å². The van der Waals surface area contributed by atoms with E-state index >= 15 is 0 Å². The summed E-state index contributed by atoms with van der Waals surface area (Å²) < 4.78 is 7.90. The van der Waals surface area contributed by atoms with E-state index in [4.69, 9.17) is 9.72 Å². The molecule has 4 aromatic rings. The maximum Gasteiger partial charge on any atom is 0.138 e. The van der Waals surface area contributed by atoms with Crippen LogP contribution in [0.15, 0.2) is 61.2 Å². The molecule has 0 amide bonds. The van der Waals surface area contributed by atoms with Gasteiger partial charge in [-0.2, -0.15) is 10.4 Å². The lowest BCUT2D eigenvalue weighted by molar-refractivity contribution is 0.115. The topological polar surface area (TPSA) is 106 Å². The average Bonchev–Trinajstić information content (AvgIpc) is 3.35. The Hall–Kier alpha value is -4.04. The minimum absolute atomic E-state index is 0.0978. The van der Waals surface area contributed by atoms with E-state index in [0.29, 0.717) is 41.8 Å². The minimum atomic E-state index is -0.0978. The van der Waals surface area contributed by atoms with Crippen LogP contribution in [0.25, 0.3) is 16.6 Å². The Kier molecular flexibility index (Phi) is 6.32. The number of hydrogen-bond acceptors (Lipinski definition) is 9. The maximum absolute atomic E-state index is 9.80. The molecule has 1 saturated carbocycles. The molecule has 8 heterocycles. The van der Waals surface area contributed by atoms with Gasteiger partial charge in [-0.1, -0.05) is 6.07 Å². The zero-order chi connectivity index (χ0) is 28.2. The number of aliphatic hydroxyl groups excluding tert-OH is 1. The van der Waals surface area contributed by atoms with Crippen molar-refractivity contribution in [2.75, 3.05) is 50.8 Å². The van der Waals surface area contributed by atoms with E-state index in [1.807, 2.05) is 30.7 Å². The maximum atomic E-state index is 9.80. The van der Waals surface area contributed by atoms with E-state index in [1.54, 1.807) is 10.7 Å². The highest BCUT2D eigenvalue weighted by Crippen LogP contribution is 2.45. The molecule has 1 aliphatic carbocycles. The highest BCUT2D eigenvalue weighted by molar-refractivity contribution is 5.85. The molecule has 4 aromatic heterocycles. The van der Waals surface area contributed by atoms with Gasteiger partial charge in [0.2, 0.25) is 0 Å². The van der Waals surface area contributed by atoms with Crippen molar-refractivity contribution >= 4 is 11.3 Å². The van der Waals surface area contributed by atoms with Crippen molar-refractivity contribution in [3.63, 3.8) is 0 Å². The van der Waals surface area contributed by atoms with Crippen LogP contribution in [0.1, 0.15) is 17.7 Å². The molecule has 5 aliphatic rings.